The predicted octanol–water partition coefficient (Wildman–Crippen LogP) is 2.58. The second kappa shape index (κ2) is 5.55. The van der Waals surface area contributed by atoms with E-state index in [1.807, 2.05) is 0 Å². The van der Waals surface area contributed by atoms with Crippen molar-refractivity contribution in [2.75, 3.05) is 6.61 Å². The van der Waals surface area contributed by atoms with Crippen molar-refractivity contribution >= 4 is 8.07 Å². The topological polar surface area (TPSA) is 20.2 Å². The molecule has 0 aliphatic heterocycles. The summed E-state index contributed by atoms with van der Waals surface area (Å²) in [6, 6.07) is 0. The Bertz CT molecular complexity index is 113. The maximum atomic E-state index is 8.51. The van der Waals surface area contributed by atoms with Crippen LogP contribution in [0.15, 0.2) is 11.8 Å². The van der Waals surface area contributed by atoms with Gasteiger partial charge in [-0.05, 0) is 19.3 Å². The molecule has 0 rings (SSSR count). The van der Waals surface area contributed by atoms with Crippen molar-refractivity contribution in [1.29, 1.82) is 0 Å². The highest BCUT2D eigenvalue weighted by Gasteiger charge is 2.05. The van der Waals surface area contributed by atoms with Crippen LogP contribution < -0.4 is 0 Å². The molecule has 1 nitrogen and oxygen atoms in total. The lowest BCUT2D eigenvalue weighted by Crippen LogP contribution is -2.15. The van der Waals surface area contributed by atoms with Gasteiger partial charge in [0.1, 0.15) is 0 Å². The van der Waals surface area contributed by atoms with Gasteiger partial charge in [-0.3, -0.25) is 0 Å². The van der Waals surface area contributed by atoms with Gasteiger partial charge in [0.05, 0.1) is 8.07 Å². The van der Waals surface area contributed by atoms with Gasteiger partial charge < -0.3 is 5.11 Å². The summed E-state index contributed by atoms with van der Waals surface area (Å²) in [6.07, 6.45) is 5.46. The Hall–Kier alpha value is -0.0831. The minimum absolute atomic E-state index is 0.334. The molecule has 0 aromatic rings. The van der Waals surface area contributed by atoms with Crippen LogP contribution in [0.2, 0.25) is 19.6 Å². The lowest BCUT2D eigenvalue weighted by Gasteiger charge is -2.07. The van der Waals surface area contributed by atoms with E-state index in [1.165, 1.54) is 0 Å². The van der Waals surface area contributed by atoms with E-state index in [0.29, 0.717) is 6.61 Å². The van der Waals surface area contributed by atoms with Gasteiger partial charge in [-0.25, -0.2) is 0 Å². The fraction of sp³-hybridized carbons (Fsp3) is 0.778. The van der Waals surface area contributed by atoms with Crippen LogP contribution >= 0.6 is 0 Å². The zero-order valence-corrected chi connectivity index (χ0v) is 8.93. The molecule has 0 fully saturated rings. The number of aliphatic hydroxyl groups excluding tert-OH is 1. The van der Waals surface area contributed by atoms with Crippen molar-refractivity contribution in [1.82, 2.24) is 0 Å². The van der Waals surface area contributed by atoms with E-state index in [0.717, 1.165) is 19.3 Å². The van der Waals surface area contributed by atoms with E-state index in [2.05, 4.69) is 31.4 Å². The van der Waals surface area contributed by atoms with Crippen molar-refractivity contribution < 1.29 is 5.11 Å². The van der Waals surface area contributed by atoms with Crippen LogP contribution in [0, 0.1) is 0 Å². The van der Waals surface area contributed by atoms with E-state index in [-0.39, 0.29) is 0 Å². The normalized spacial score (nSPS) is 12.7. The molecule has 0 saturated carbocycles. The van der Waals surface area contributed by atoms with Crippen LogP contribution in [0.4, 0.5) is 0 Å². The van der Waals surface area contributed by atoms with E-state index >= 15 is 0 Å². The van der Waals surface area contributed by atoms with E-state index in [4.69, 9.17) is 5.11 Å². The van der Waals surface area contributed by atoms with Gasteiger partial charge in [0.2, 0.25) is 0 Å². The number of aliphatic hydroxyl groups is 1. The molecule has 0 radical (unpaired) electrons. The molecule has 0 aliphatic carbocycles. The minimum atomic E-state index is -0.960. The molecule has 0 aliphatic rings. The number of rotatable bonds is 5. The Kier molecular flexibility index (Phi) is 5.51. The largest absolute Gasteiger partial charge is 0.396 e. The first kappa shape index (κ1) is 10.9. The van der Waals surface area contributed by atoms with Crippen molar-refractivity contribution in [3.05, 3.63) is 11.8 Å². The van der Waals surface area contributed by atoms with Gasteiger partial charge in [0.15, 0.2) is 0 Å². The van der Waals surface area contributed by atoms with Gasteiger partial charge in [-0.1, -0.05) is 31.4 Å². The molecular formula is C9H20OSi. The molecule has 0 amide bonds. The van der Waals surface area contributed by atoms with Crippen molar-refractivity contribution in [2.24, 2.45) is 0 Å². The van der Waals surface area contributed by atoms with Crippen LogP contribution in [0.25, 0.3) is 0 Å². The molecular weight excluding hydrogens is 152 g/mol. The van der Waals surface area contributed by atoms with Crippen molar-refractivity contribution in [3.8, 4) is 0 Å². The molecule has 1 N–H and O–H groups in total. The first-order chi connectivity index (χ1) is 5.06. The monoisotopic (exact) mass is 172 g/mol. The summed E-state index contributed by atoms with van der Waals surface area (Å²) >= 11 is 0. The highest BCUT2D eigenvalue weighted by atomic mass is 28.3. The number of allylic oxidation sites excluding steroid dienone is 1. The fourth-order valence-corrected chi connectivity index (χ4v) is 1.68. The van der Waals surface area contributed by atoms with Crippen LogP contribution in [0.1, 0.15) is 19.3 Å². The Labute approximate surface area is 71.1 Å². The first-order valence-electron chi connectivity index (χ1n) is 4.35. The quantitative estimate of drug-likeness (QED) is 0.499. The standard InChI is InChI=1S/C9H20OSi/c1-11(2,3)9-7-5-4-6-8-10/h7,9-10H,4-6,8H2,1-3H3/b9-7-. The average molecular weight is 172 g/mol. The molecule has 0 spiro atoms. The summed E-state index contributed by atoms with van der Waals surface area (Å²) in [5, 5.41) is 8.51. The summed E-state index contributed by atoms with van der Waals surface area (Å²) < 4.78 is 0. The fourth-order valence-electron chi connectivity index (χ4n) is 0.811. The molecule has 0 bridgehead atoms. The Balaban J connectivity index is 3.30. The van der Waals surface area contributed by atoms with E-state index < -0.39 is 8.07 Å². The molecule has 0 unspecified atom stereocenters. The van der Waals surface area contributed by atoms with Crippen LogP contribution in [-0.4, -0.2) is 19.8 Å². The van der Waals surface area contributed by atoms with Crippen LogP contribution in [0.5, 0.6) is 0 Å². The molecule has 0 aromatic carbocycles. The molecule has 11 heavy (non-hydrogen) atoms. The van der Waals surface area contributed by atoms with Crippen LogP contribution in [-0.2, 0) is 0 Å². The van der Waals surface area contributed by atoms with Crippen molar-refractivity contribution in [3.63, 3.8) is 0 Å². The average Bonchev–Trinajstić information content (AvgIpc) is 1.85. The van der Waals surface area contributed by atoms with Gasteiger partial charge in [-0.2, -0.15) is 0 Å². The lowest BCUT2D eigenvalue weighted by atomic mass is 10.2. The maximum Gasteiger partial charge on any atom is 0.0682 e. The lowest BCUT2D eigenvalue weighted by molar-refractivity contribution is 0.285. The van der Waals surface area contributed by atoms with Gasteiger partial charge >= 0.3 is 0 Å². The molecule has 0 atom stereocenters. The summed E-state index contributed by atoms with van der Waals surface area (Å²) in [5.74, 6) is 0. The molecule has 0 aromatic heterocycles. The third-order valence-electron chi connectivity index (χ3n) is 1.40. The minimum Gasteiger partial charge on any atom is -0.396 e. The Morgan fingerprint density at radius 3 is 2.27 bits per heavy atom. The molecule has 0 heterocycles. The summed E-state index contributed by atoms with van der Waals surface area (Å²) in [7, 11) is -0.960. The predicted molar refractivity (Wildman–Crippen MR) is 53.4 cm³/mol. The SMILES string of the molecule is C[Si](C)(C)/C=C\CCCCO. The highest BCUT2D eigenvalue weighted by Crippen LogP contribution is 2.04. The Morgan fingerprint density at radius 2 is 1.82 bits per heavy atom. The van der Waals surface area contributed by atoms with Gasteiger partial charge in [0, 0.05) is 6.61 Å². The molecule has 66 valence electrons. The van der Waals surface area contributed by atoms with E-state index in [1.54, 1.807) is 0 Å². The van der Waals surface area contributed by atoms with Gasteiger partial charge in [-0.15, -0.1) is 0 Å². The zero-order valence-electron chi connectivity index (χ0n) is 7.93. The zero-order chi connectivity index (χ0) is 8.74. The third-order valence-corrected chi connectivity index (χ3v) is 2.63. The van der Waals surface area contributed by atoms with E-state index in [9.17, 15) is 0 Å². The second-order valence-electron chi connectivity index (χ2n) is 3.99. The highest BCUT2D eigenvalue weighted by molar-refractivity contribution is 6.80. The summed E-state index contributed by atoms with van der Waals surface area (Å²) in [5.41, 5.74) is 2.37. The second-order valence-corrected chi connectivity index (χ2v) is 9.05. The molecule has 0 saturated heterocycles. The summed E-state index contributed by atoms with van der Waals surface area (Å²) in [6.45, 7) is 7.32. The van der Waals surface area contributed by atoms with Crippen molar-refractivity contribution in [2.45, 2.75) is 38.9 Å². The summed E-state index contributed by atoms with van der Waals surface area (Å²) in [4.78, 5) is 0. The first-order valence-corrected chi connectivity index (χ1v) is 7.92. The smallest absolute Gasteiger partial charge is 0.0682 e. The molecule has 2 heteroatoms. The maximum absolute atomic E-state index is 8.51. The third kappa shape index (κ3) is 9.92. The number of hydrogen-bond donors (Lipinski definition) is 1. The van der Waals surface area contributed by atoms with Gasteiger partial charge in [0.25, 0.3) is 0 Å². The van der Waals surface area contributed by atoms with Crippen LogP contribution in [0.3, 0.4) is 0 Å². The number of unbranched alkanes of at least 4 members (excludes halogenated alkanes) is 2. The number of hydrogen-bond acceptors (Lipinski definition) is 1. The Morgan fingerprint density at radius 1 is 1.18 bits per heavy atom.